The molecular formula is C23H20O5P+. The Labute approximate surface area is 170 Å². The quantitative estimate of drug-likeness (QED) is 0.256. The predicted molar refractivity (Wildman–Crippen MR) is 111 cm³/mol. The van der Waals surface area contributed by atoms with E-state index >= 15 is 0 Å². The van der Waals surface area contributed by atoms with E-state index in [9.17, 15) is 9.36 Å². The van der Waals surface area contributed by atoms with Crippen molar-refractivity contribution in [3.63, 3.8) is 0 Å². The van der Waals surface area contributed by atoms with Gasteiger partial charge in [-0.25, -0.2) is 4.79 Å². The van der Waals surface area contributed by atoms with Gasteiger partial charge in [0.15, 0.2) is 0 Å². The minimum absolute atomic E-state index is 0.112. The maximum absolute atomic E-state index is 13.4. The lowest BCUT2D eigenvalue weighted by Gasteiger charge is -2.24. The lowest BCUT2D eigenvalue weighted by Crippen LogP contribution is -2.46. The Morgan fingerprint density at radius 1 is 0.724 bits per heavy atom. The van der Waals surface area contributed by atoms with Gasteiger partial charge in [-0.15, -0.1) is 0 Å². The summed E-state index contributed by atoms with van der Waals surface area (Å²) >= 11 is 0. The van der Waals surface area contributed by atoms with Crippen molar-refractivity contribution in [3.8, 4) is 17.2 Å². The third kappa shape index (κ3) is 5.09. The molecule has 0 fully saturated rings. The van der Waals surface area contributed by atoms with Crippen LogP contribution >= 0.6 is 7.80 Å². The van der Waals surface area contributed by atoms with Crippen molar-refractivity contribution in [2.45, 2.75) is 12.6 Å². The summed E-state index contributed by atoms with van der Waals surface area (Å²) in [7, 11) is -2.86. The molecular weight excluding hydrogens is 387 g/mol. The Hall–Kier alpha value is -3.43. The van der Waals surface area contributed by atoms with E-state index < -0.39 is 19.0 Å². The van der Waals surface area contributed by atoms with Gasteiger partial charge in [-0.1, -0.05) is 61.2 Å². The van der Waals surface area contributed by atoms with Gasteiger partial charge in [0.05, 0.1) is 0 Å². The first kappa shape index (κ1) is 20.3. The van der Waals surface area contributed by atoms with Gasteiger partial charge in [0.25, 0.3) is 0 Å². The van der Waals surface area contributed by atoms with Crippen LogP contribution in [0, 0.1) is 0 Å². The maximum atomic E-state index is 13.4. The van der Waals surface area contributed by atoms with Crippen LogP contribution in [0.4, 0.5) is 0 Å². The first-order valence-electron chi connectivity index (χ1n) is 8.89. The summed E-state index contributed by atoms with van der Waals surface area (Å²) < 4.78 is 31.2. The maximum Gasteiger partial charge on any atom is 0.642 e. The Morgan fingerprint density at radius 3 is 1.31 bits per heavy atom. The van der Waals surface area contributed by atoms with Gasteiger partial charge in [0.2, 0.25) is 0 Å². The van der Waals surface area contributed by atoms with Gasteiger partial charge >= 0.3 is 19.0 Å². The summed E-state index contributed by atoms with van der Waals surface area (Å²) in [4.78, 5) is 12.6. The summed E-state index contributed by atoms with van der Waals surface area (Å²) in [5, 5.41) is 0. The van der Waals surface area contributed by atoms with Crippen LogP contribution in [0.25, 0.3) is 0 Å². The molecule has 5 nitrogen and oxygen atoms in total. The smallest absolute Gasteiger partial charge is 0.380 e. The minimum Gasteiger partial charge on any atom is -0.380 e. The number of hydrogen-bond acceptors (Lipinski definition) is 5. The van der Waals surface area contributed by atoms with E-state index in [0.29, 0.717) is 17.2 Å². The Bertz CT molecular complexity index is 886. The fraction of sp³-hybridized carbons (Fsp3) is 0.0870. The van der Waals surface area contributed by atoms with E-state index in [1.54, 1.807) is 72.8 Å². The van der Waals surface area contributed by atoms with Gasteiger partial charge in [-0.05, 0) is 47.9 Å². The van der Waals surface area contributed by atoms with Gasteiger partial charge in [-0.2, -0.15) is 0 Å². The Morgan fingerprint density at radius 2 is 1.03 bits per heavy atom. The Balaban J connectivity index is 2.11. The number of ether oxygens (including phenoxy) is 3. The average Bonchev–Trinajstić information content (AvgIpc) is 2.74. The summed E-state index contributed by atoms with van der Waals surface area (Å²) in [6.07, 6.45) is 0. The molecule has 0 amide bonds. The SMILES string of the molecule is C=C(C)C(=O)[P+](=O)C(Oc1ccccc1)(Oc1ccccc1)Oc1ccccc1. The van der Waals surface area contributed by atoms with Gasteiger partial charge in [-0.3, -0.25) is 0 Å². The molecule has 0 saturated heterocycles. The highest BCUT2D eigenvalue weighted by Crippen LogP contribution is 2.45. The summed E-state index contributed by atoms with van der Waals surface area (Å²) in [6, 6.07) is 25.9. The van der Waals surface area contributed by atoms with E-state index in [0.717, 1.165) is 0 Å². The minimum atomic E-state index is -2.86. The number of hydrogen-bond donors (Lipinski definition) is 0. The molecule has 3 aromatic rings. The molecule has 1 atom stereocenters. The third-order valence-corrected chi connectivity index (χ3v) is 5.29. The number of allylic oxidation sites excluding steroid dienone is 1. The molecule has 0 aliphatic rings. The highest BCUT2D eigenvalue weighted by molar-refractivity contribution is 7.65. The number of rotatable bonds is 9. The zero-order valence-electron chi connectivity index (χ0n) is 15.9. The molecule has 0 aliphatic heterocycles. The topological polar surface area (TPSA) is 61.8 Å². The summed E-state index contributed by atoms with van der Waals surface area (Å²) in [5.74, 6) is 0.992. The van der Waals surface area contributed by atoms with E-state index in [-0.39, 0.29) is 5.57 Å². The van der Waals surface area contributed by atoms with Crippen molar-refractivity contribution in [3.05, 3.63) is 103 Å². The summed E-state index contributed by atoms with van der Waals surface area (Å²) in [5.41, 5.74) is -2.82. The second-order valence-electron chi connectivity index (χ2n) is 6.15. The molecule has 0 aromatic heterocycles. The number of benzene rings is 3. The molecule has 0 radical (unpaired) electrons. The first-order chi connectivity index (χ1) is 14.0. The van der Waals surface area contributed by atoms with Gasteiger partial charge in [0, 0.05) is 5.57 Å². The molecule has 0 saturated carbocycles. The normalized spacial score (nSPS) is 11.3. The molecule has 0 heterocycles. The molecule has 1 unspecified atom stereocenters. The van der Waals surface area contributed by atoms with Crippen molar-refractivity contribution in [1.82, 2.24) is 0 Å². The van der Waals surface area contributed by atoms with Crippen LogP contribution in [-0.4, -0.2) is 11.2 Å². The van der Waals surface area contributed by atoms with Gasteiger partial charge < -0.3 is 14.2 Å². The van der Waals surface area contributed by atoms with Crippen LogP contribution in [0.3, 0.4) is 0 Å². The zero-order valence-corrected chi connectivity index (χ0v) is 16.8. The number of carbonyl (C=O) groups excluding carboxylic acids is 1. The number of para-hydroxylation sites is 3. The van der Waals surface area contributed by atoms with E-state index in [4.69, 9.17) is 14.2 Å². The van der Waals surface area contributed by atoms with Crippen LogP contribution in [0.1, 0.15) is 6.92 Å². The Kier molecular flexibility index (Phi) is 6.43. The van der Waals surface area contributed by atoms with Crippen molar-refractivity contribution >= 4 is 13.3 Å². The first-order valence-corrected chi connectivity index (χ1v) is 10.2. The molecule has 0 spiro atoms. The second-order valence-corrected chi connectivity index (χ2v) is 7.69. The molecule has 146 valence electrons. The highest BCUT2D eigenvalue weighted by Gasteiger charge is 2.65. The summed E-state index contributed by atoms with van der Waals surface area (Å²) in [6.45, 7) is 5.09. The fourth-order valence-corrected chi connectivity index (χ4v) is 3.56. The standard InChI is InChI=1S/C23H20O5P/c1-18(2)22(24)29(25)23(26-19-12-6-3-7-13-19,27-20-14-8-4-9-15-20)28-21-16-10-5-11-17-21/h3-17H,1H2,2H3/q+1. The predicted octanol–water partition coefficient (Wildman–Crippen LogP) is 5.76. The highest BCUT2D eigenvalue weighted by atomic mass is 31.1. The molecule has 29 heavy (non-hydrogen) atoms. The van der Waals surface area contributed by atoms with Crippen molar-refractivity contribution in [2.24, 2.45) is 0 Å². The van der Waals surface area contributed by atoms with E-state index in [1.807, 2.05) is 18.2 Å². The molecule has 0 N–H and O–H groups in total. The molecule has 6 heteroatoms. The number of carbonyl (C=O) groups is 1. The van der Waals surface area contributed by atoms with Crippen LogP contribution in [0.2, 0.25) is 0 Å². The lowest BCUT2D eigenvalue weighted by atomic mass is 10.3. The lowest BCUT2D eigenvalue weighted by molar-refractivity contribution is -0.182. The van der Waals surface area contributed by atoms with Crippen LogP contribution in [-0.2, 0) is 9.36 Å². The largest absolute Gasteiger partial charge is 0.642 e. The molecule has 0 aliphatic carbocycles. The second kappa shape index (κ2) is 9.18. The molecule has 0 bridgehead atoms. The van der Waals surface area contributed by atoms with Crippen molar-refractivity contribution in [2.75, 3.05) is 0 Å². The fourth-order valence-electron chi connectivity index (χ4n) is 2.40. The third-order valence-electron chi connectivity index (χ3n) is 3.77. The van der Waals surface area contributed by atoms with Crippen molar-refractivity contribution < 1.29 is 23.6 Å². The van der Waals surface area contributed by atoms with Crippen LogP contribution < -0.4 is 14.2 Å². The monoisotopic (exact) mass is 407 g/mol. The van der Waals surface area contributed by atoms with E-state index in [2.05, 4.69) is 6.58 Å². The molecule has 3 aromatic carbocycles. The molecule has 3 rings (SSSR count). The van der Waals surface area contributed by atoms with Crippen LogP contribution in [0.15, 0.2) is 103 Å². The van der Waals surface area contributed by atoms with E-state index in [1.165, 1.54) is 6.92 Å². The van der Waals surface area contributed by atoms with Gasteiger partial charge in [0.1, 0.15) is 17.2 Å². The zero-order chi connectivity index (χ0) is 20.7. The average molecular weight is 407 g/mol. The van der Waals surface area contributed by atoms with Crippen molar-refractivity contribution in [1.29, 1.82) is 0 Å². The van der Waals surface area contributed by atoms with Crippen LogP contribution in [0.5, 0.6) is 17.2 Å².